The topological polar surface area (TPSA) is 50.5 Å². The molecule has 0 aliphatic carbocycles. The van der Waals surface area contributed by atoms with E-state index in [0.29, 0.717) is 0 Å². The zero-order valence-corrected chi connectivity index (χ0v) is 12.2. The van der Waals surface area contributed by atoms with Crippen molar-refractivity contribution in [1.29, 1.82) is 0 Å². The van der Waals surface area contributed by atoms with E-state index in [0.717, 1.165) is 51.4 Å². The second kappa shape index (κ2) is 11.0. The molecule has 2 rings (SSSR count). The average molecular weight is 269 g/mol. The molecule has 0 radical (unpaired) electrons. The Kier molecular flexibility index (Phi) is 9.32. The average Bonchev–Trinajstić information content (AvgIpc) is 2.99. The molecule has 0 spiro atoms. The van der Waals surface area contributed by atoms with Gasteiger partial charge in [0.15, 0.2) is 0 Å². The Morgan fingerprint density at radius 3 is 2.79 bits per heavy atom. The molecule has 1 saturated heterocycles. The molecule has 1 N–H and O–H groups in total. The van der Waals surface area contributed by atoms with Gasteiger partial charge in [0.2, 0.25) is 0 Å². The van der Waals surface area contributed by atoms with Crippen molar-refractivity contribution in [3.8, 4) is 0 Å². The van der Waals surface area contributed by atoms with Gasteiger partial charge in [-0.1, -0.05) is 19.0 Å². The molecule has 19 heavy (non-hydrogen) atoms. The van der Waals surface area contributed by atoms with Gasteiger partial charge in [-0.2, -0.15) is 0 Å². The molecule has 2 heterocycles. The summed E-state index contributed by atoms with van der Waals surface area (Å²) in [6.45, 7) is 11.3. The van der Waals surface area contributed by atoms with Crippen LogP contribution in [0.25, 0.3) is 0 Å². The summed E-state index contributed by atoms with van der Waals surface area (Å²) in [6, 6.07) is 1.88. The number of piperazine rings is 1. The zero-order valence-electron chi connectivity index (χ0n) is 12.2. The molecule has 5 heteroatoms. The third kappa shape index (κ3) is 7.30. The number of rotatable bonds is 7. The number of hydrogen-bond donors (Lipinski definition) is 1. The van der Waals surface area contributed by atoms with Gasteiger partial charge in [0, 0.05) is 51.8 Å². The van der Waals surface area contributed by atoms with E-state index >= 15 is 0 Å². The predicted octanol–water partition coefficient (Wildman–Crippen LogP) is 1.56. The minimum Gasteiger partial charge on any atom is -0.381 e. The summed E-state index contributed by atoms with van der Waals surface area (Å²) < 4.78 is 10.3. The maximum Gasteiger partial charge on any atom is 0.124 e. The second-order valence-corrected chi connectivity index (χ2v) is 4.30. The van der Waals surface area contributed by atoms with Gasteiger partial charge < -0.3 is 19.5 Å². The lowest BCUT2D eigenvalue weighted by Crippen LogP contribution is -2.43. The highest BCUT2D eigenvalue weighted by Gasteiger charge is 2.08. The van der Waals surface area contributed by atoms with Crippen LogP contribution in [0.2, 0.25) is 0 Å². The van der Waals surface area contributed by atoms with Crippen molar-refractivity contribution in [3.63, 3.8) is 0 Å². The summed E-state index contributed by atoms with van der Waals surface area (Å²) in [5.74, 6) is 0. The van der Waals surface area contributed by atoms with Crippen LogP contribution in [-0.4, -0.2) is 56.0 Å². The molecule has 0 bridgehead atoms. The zero-order chi connectivity index (χ0) is 13.8. The summed E-state index contributed by atoms with van der Waals surface area (Å²) in [5.41, 5.74) is 0.965. The van der Waals surface area contributed by atoms with Crippen LogP contribution in [-0.2, 0) is 11.2 Å². The first-order chi connectivity index (χ1) is 9.45. The molecule has 1 aliphatic rings. The molecule has 0 saturated carbocycles. The van der Waals surface area contributed by atoms with Gasteiger partial charge >= 0.3 is 0 Å². The molecule has 0 amide bonds. The van der Waals surface area contributed by atoms with Gasteiger partial charge in [-0.15, -0.1) is 0 Å². The highest BCUT2D eigenvalue weighted by molar-refractivity contribution is 4.94. The lowest BCUT2D eigenvalue weighted by atomic mass is 10.3. The molecule has 1 fully saturated rings. The van der Waals surface area contributed by atoms with Gasteiger partial charge in [-0.05, 0) is 6.42 Å². The van der Waals surface area contributed by atoms with Crippen LogP contribution in [0.1, 0.15) is 26.0 Å². The summed E-state index contributed by atoms with van der Waals surface area (Å²) in [7, 11) is 0. The highest BCUT2D eigenvalue weighted by atomic mass is 16.5. The highest BCUT2D eigenvalue weighted by Crippen LogP contribution is 1.98. The molecular weight excluding hydrogens is 242 g/mol. The minimum atomic E-state index is 0.730. The fourth-order valence-electron chi connectivity index (χ4n) is 1.97. The predicted molar refractivity (Wildman–Crippen MR) is 76.3 cm³/mol. The smallest absolute Gasteiger partial charge is 0.124 e. The first-order valence-corrected chi connectivity index (χ1v) is 7.35. The van der Waals surface area contributed by atoms with Gasteiger partial charge in [-0.25, -0.2) is 0 Å². The van der Waals surface area contributed by atoms with Crippen LogP contribution in [0, 0.1) is 0 Å². The number of nitrogens with zero attached hydrogens (tertiary/aromatic N) is 2. The van der Waals surface area contributed by atoms with E-state index in [2.05, 4.69) is 15.4 Å². The minimum absolute atomic E-state index is 0.730. The molecule has 0 aromatic carbocycles. The Hall–Kier alpha value is -0.910. The van der Waals surface area contributed by atoms with Crippen molar-refractivity contribution in [2.24, 2.45) is 0 Å². The van der Waals surface area contributed by atoms with E-state index in [-0.39, 0.29) is 0 Å². The Morgan fingerprint density at radius 2 is 2.11 bits per heavy atom. The molecule has 110 valence electrons. The van der Waals surface area contributed by atoms with E-state index < -0.39 is 0 Å². The van der Waals surface area contributed by atoms with Gasteiger partial charge in [0.05, 0.1) is 12.3 Å². The van der Waals surface area contributed by atoms with Crippen LogP contribution in [0.3, 0.4) is 0 Å². The number of aromatic nitrogens is 1. The normalized spacial score (nSPS) is 15.9. The summed E-state index contributed by atoms with van der Waals surface area (Å²) in [4.78, 5) is 2.48. The van der Waals surface area contributed by atoms with E-state index in [4.69, 9.17) is 9.26 Å². The molecule has 0 atom stereocenters. The van der Waals surface area contributed by atoms with E-state index in [9.17, 15) is 0 Å². The number of hydrogen-bond acceptors (Lipinski definition) is 5. The standard InChI is InChI=1S/C12H21N3O2.C2H6/c1(6-15-7-4-13-5-8-15)9-16-10-2-12-3-11-17-14-12;1-2/h3,11,13H,1-2,4-10H2;1-2H3. The third-order valence-electron chi connectivity index (χ3n) is 2.97. The fourth-order valence-corrected chi connectivity index (χ4v) is 1.97. The van der Waals surface area contributed by atoms with E-state index in [1.165, 1.54) is 13.1 Å². The van der Waals surface area contributed by atoms with Gasteiger partial charge in [0.1, 0.15) is 6.26 Å². The van der Waals surface area contributed by atoms with Crippen molar-refractivity contribution < 1.29 is 9.26 Å². The van der Waals surface area contributed by atoms with Crippen LogP contribution in [0.5, 0.6) is 0 Å². The monoisotopic (exact) mass is 269 g/mol. The van der Waals surface area contributed by atoms with Crippen molar-refractivity contribution in [2.75, 3.05) is 45.9 Å². The quantitative estimate of drug-likeness (QED) is 0.761. The number of ether oxygens (including phenoxy) is 1. The largest absolute Gasteiger partial charge is 0.381 e. The van der Waals surface area contributed by atoms with Crippen molar-refractivity contribution in [2.45, 2.75) is 26.7 Å². The van der Waals surface area contributed by atoms with Crippen molar-refractivity contribution in [3.05, 3.63) is 18.0 Å². The SMILES string of the molecule is CC.c1cc(CCOCCCN2CCNCC2)no1. The first-order valence-electron chi connectivity index (χ1n) is 7.35. The van der Waals surface area contributed by atoms with Crippen molar-refractivity contribution >= 4 is 0 Å². The second-order valence-electron chi connectivity index (χ2n) is 4.30. The maximum atomic E-state index is 5.57. The Morgan fingerprint density at radius 1 is 1.32 bits per heavy atom. The number of nitrogens with one attached hydrogen (secondary N) is 1. The molecule has 1 aromatic heterocycles. The molecule has 5 nitrogen and oxygen atoms in total. The van der Waals surface area contributed by atoms with E-state index in [1.807, 2.05) is 19.9 Å². The van der Waals surface area contributed by atoms with Crippen LogP contribution >= 0.6 is 0 Å². The fraction of sp³-hybridized carbons (Fsp3) is 0.786. The Bertz CT molecular complexity index is 285. The van der Waals surface area contributed by atoms with Crippen LogP contribution in [0.4, 0.5) is 0 Å². The van der Waals surface area contributed by atoms with E-state index in [1.54, 1.807) is 6.26 Å². The van der Waals surface area contributed by atoms with Gasteiger partial charge in [0.25, 0.3) is 0 Å². The van der Waals surface area contributed by atoms with Gasteiger partial charge in [-0.3, -0.25) is 0 Å². The van der Waals surface area contributed by atoms with Crippen LogP contribution < -0.4 is 5.32 Å². The summed E-state index contributed by atoms with van der Waals surface area (Å²) in [6.07, 6.45) is 3.54. The molecular formula is C14H27N3O2. The van der Waals surface area contributed by atoms with Crippen LogP contribution in [0.15, 0.2) is 16.9 Å². The third-order valence-corrected chi connectivity index (χ3v) is 2.97. The lowest BCUT2D eigenvalue weighted by Gasteiger charge is -2.26. The summed E-state index contributed by atoms with van der Waals surface area (Å²) >= 11 is 0. The Balaban J connectivity index is 0.000000861. The maximum absolute atomic E-state index is 5.57. The molecule has 1 aromatic rings. The molecule has 1 aliphatic heterocycles. The Labute approximate surface area is 116 Å². The summed E-state index contributed by atoms with van der Waals surface area (Å²) in [5, 5.41) is 7.19. The van der Waals surface area contributed by atoms with Crippen molar-refractivity contribution in [1.82, 2.24) is 15.4 Å². The molecule has 0 unspecified atom stereocenters. The first kappa shape index (κ1) is 16.1. The lowest BCUT2D eigenvalue weighted by molar-refractivity contribution is 0.119.